The standard InChI is InChI=1S/C29H39N3O5/c1-7-21-14-11-15-23(18-21)25(26(34)30-20(2)3)32(16-17-33)27(35)24(19-22-12-9-8-10-13-22)31-28(36)37-29(4,5)6/h7-15,18,20,24-25,33H,1,16-17,19H2,2-6H3,(H,30,34)(H,31,36). The maximum atomic E-state index is 14.0. The predicted molar refractivity (Wildman–Crippen MR) is 145 cm³/mol. The number of hydrogen-bond acceptors (Lipinski definition) is 5. The molecule has 0 radical (unpaired) electrons. The van der Waals surface area contributed by atoms with E-state index in [-0.39, 0.29) is 25.6 Å². The highest BCUT2D eigenvalue weighted by atomic mass is 16.6. The molecular weight excluding hydrogens is 470 g/mol. The van der Waals surface area contributed by atoms with E-state index in [1.165, 1.54) is 4.90 Å². The number of amides is 3. The molecule has 0 heterocycles. The molecule has 2 rings (SSSR count). The van der Waals surface area contributed by atoms with Crippen LogP contribution in [-0.2, 0) is 20.7 Å². The topological polar surface area (TPSA) is 108 Å². The number of carbonyl (C=O) groups excluding carboxylic acids is 3. The summed E-state index contributed by atoms with van der Waals surface area (Å²) in [5, 5.41) is 15.5. The fraction of sp³-hybridized carbons (Fsp3) is 0.414. The van der Waals surface area contributed by atoms with Crippen LogP contribution < -0.4 is 10.6 Å². The average Bonchev–Trinajstić information content (AvgIpc) is 2.82. The molecule has 2 unspecified atom stereocenters. The molecule has 200 valence electrons. The second kappa shape index (κ2) is 13.6. The largest absolute Gasteiger partial charge is 0.444 e. The highest BCUT2D eigenvalue weighted by Crippen LogP contribution is 2.25. The fourth-order valence-corrected chi connectivity index (χ4v) is 3.87. The number of rotatable bonds is 11. The number of hydrogen-bond donors (Lipinski definition) is 3. The molecule has 2 aromatic carbocycles. The minimum absolute atomic E-state index is 0.116. The minimum Gasteiger partial charge on any atom is -0.444 e. The monoisotopic (exact) mass is 509 g/mol. The van der Waals surface area contributed by atoms with Gasteiger partial charge in [0.15, 0.2) is 0 Å². The Morgan fingerprint density at radius 2 is 1.73 bits per heavy atom. The van der Waals surface area contributed by atoms with Gasteiger partial charge in [0.1, 0.15) is 17.7 Å². The molecule has 2 atom stereocenters. The number of ether oxygens (including phenoxy) is 1. The van der Waals surface area contributed by atoms with E-state index in [0.717, 1.165) is 11.1 Å². The van der Waals surface area contributed by atoms with Crippen molar-refractivity contribution >= 4 is 24.0 Å². The molecule has 2 aromatic rings. The Bertz CT molecular complexity index is 1060. The van der Waals surface area contributed by atoms with Gasteiger partial charge in [-0.3, -0.25) is 9.59 Å². The lowest BCUT2D eigenvalue weighted by Gasteiger charge is -2.34. The van der Waals surface area contributed by atoms with E-state index in [4.69, 9.17) is 4.74 Å². The molecule has 8 heteroatoms. The summed E-state index contributed by atoms with van der Waals surface area (Å²) in [5.74, 6) is -0.912. The van der Waals surface area contributed by atoms with Crippen LogP contribution in [0.15, 0.2) is 61.2 Å². The number of alkyl carbamates (subject to hydrolysis) is 1. The summed E-state index contributed by atoms with van der Waals surface area (Å²) >= 11 is 0. The van der Waals surface area contributed by atoms with Crippen LogP contribution in [0.5, 0.6) is 0 Å². The third-order valence-electron chi connectivity index (χ3n) is 5.35. The first kappa shape index (κ1) is 29.6. The van der Waals surface area contributed by atoms with Gasteiger partial charge in [-0.1, -0.05) is 61.2 Å². The predicted octanol–water partition coefficient (Wildman–Crippen LogP) is 3.85. The number of carbonyl (C=O) groups is 3. The molecule has 0 aromatic heterocycles. The van der Waals surface area contributed by atoms with Gasteiger partial charge in [-0.25, -0.2) is 4.79 Å². The van der Waals surface area contributed by atoms with Crippen LogP contribution in [0.4, 0.5) is 4.79 Å². The molecule has 3 N–H and O–H groups in total. The SMILES string of the molecule is C=Cc1cccc(C(C(=O)NC(C)C)N(CCO)C(=O)C(Cc2ccccc2)NC(=O)OC(C)(C)C)c1. The van der Waals surface area contributed by atoms with Gasteiger partial charge in [0.2, 0.25) is 11.8 Å². The molecule has 0 saturated heterocycles. The van der Waals surface area contributed by atoms with Crippen LogP contribution in [0.1, 0.15) is 57.4 Å². The van der Waals surface area contributed by atoms with Crippen molar-refractivity contribution in [2.45, 2.75) is 64.8 Å². The first-order chi connectivity index (χ1) is 17.4. The summed E-state index contributed by atoms with van der Waals surface area (Å²) in [6.07, 6.45) is 1.08. The summed E-state index contributed by atoms with van der Waals surface area (Å²) in [6, 6.07) is 14.1. The Hall–Kier alpha value is -3.65. The van der Waals surface area contributed by atoms with Crippen molar-refractivity contribution in [1.82, 2.24) is 15.5 Å². The lowest BCUT2D eigenvalue weighted by molar-refractivity contribution is -0.143. The van der Waals surface area contributed by atoms with E-state index < -0.39 is 35.6 Å². The summed E-state index contributed by atoms with van der Waals surface area (Å²) in [4.78, 5) is 41.5. The Labute approximate surface area is 219 Å². The third kappa shape index (κ3) is 9.38. The second-order valence-electron chi connectivity index (χ2n) is 10.1. The maximum absolute atomic E-state index is 14.0. The van der Waals surface area contributed by atoms with Gasteiger partial charge in [-0.15, -0.1) is 0 Å². The number of benzene rings is 2. The zero-order chi connectivity index (χ0) is 27.6. The lowest BCUT2D eigenvalue weighted by Crippen LogP contribution is -2.54. The van der Waals surface area contributed by atoms with Crippen LogP contribution in [0.2, 0.25) is 0 Å². The Balaban J connectivity index is 2.53. The van der Waals surface area contributed by atoms with Crippen LogP contribution >= 0.6 is 0 Å². The molecule has 0 aliphatic carbocycles. The first-order valence-electron chi connectivity index (χ1n) is 12.4. The van der Waals surface area contributed by atoms with E-state index >= 15 is 0 Å². The molecule has 0 aliphatic rings. The van der Waals surface area contributed by atoms with Gasteiger partial charge in [-0.2, -0.15) is 0 Å². The molecule has 3 amide bonds. The zero-order valence-electron chi connectivity index (χ0n) is 22.4. The van der Waals surface area contributed by atoms with Crippen LogP contribution in [0.3, 0.4) is 0 Å². The van der Waals surface area contributed by atoms with Gasteiger partial charge >= 0.3 is 6.09 Å². The first-order valence-corrected chi connectivity index (χ1v) is 12.4. The van der Waals surface area contributed by atoms with Gasteiger partial charge < -0.3 is 25.4 Å². The molecule has 0 aliphatic heterocycles. The van der Waals surface area contributed by atoms with Crippen molar-refractivity contribution in [2.75, 3.05) is 13.2 Å². The van der Waals surface area contributed by atoms with E-state index in [1.807, 2.05) is 50.2 Å². The van der Waals surface area contributed by atoms with Crippen molar-refractivity contribution in [1.29, 1.82) is 0 Å². The summed E-state index contributed by atoms with van der Waals surface area (Å²) in [5.41, 5.74) is 1.40. The van der Waals surface area contributed by atoms with Crippen molar-refractivity contribution in [3.05, 3.63) is 77.9 Å². The molecular formula is C29H39N3O5. The molecule has 0 fully saturated rings. The third-order valence-corrected chi connectivity index (χ3v) is 5.35. The minimum atomic E-state index is -1.04. The second-order valence-corrected chi connectivity index (χ2v) is 10.1. The smallest absolute Gasteiger partial charge is 0.408 e. The number of aliphatic hydroxyl groups is 1. The van der Waals surface area contributed by atoms with Gasteiger partial charge in [0, 0.05) is 19.0 Å². The molecule has 37 heavy (non-hydrogen) atoms. The lowest BCUT2D eigenvalue weighted by atomic mass is 9.98. The molecule has 0 saturated carbocycles. The van der Waals surface area contributed by atoms with Crippen LogP contribution in [-0.4, -0.2) is 58.8 Å². The summed E-state index contributed by atoms with van der Waals surface area (Å²) < 4.78 is 5.41. The van der Waals surface area contributed by atoms with Crippen molar-refractivity contribution in [2.24, 2.45) is 0 Å². The highest BCUT2D eigenvalue weighted by molar-refractivity contribution is 5.92. The molecule has 0 spiro atoms. The Kier molecular flexibility index (Phi) is 10.9. The quantitative estimate of drug-likeness (QED) is 0.426. The number of aliphatic hydroxyl groups excluding tert-OH is 1. The zero-order valence-corrected chi connectivity index (χ0v) is 22.4. The molecule has 0 bridgehead atoms. The molecule has 8 nitrogen and oxygen atoms in total. The fourth-order valence-electron chi connectivity index (χ4n) is 3.87. The van der Waals surface area contributed by atoms with E-state index in [2.05, 4.69) is 17.2 Å². The normalized spacial score (nSPS) is 12.8. The van der Waals surface area contributed by atoms with Crippen molar-refractivity contribution in [3.8, 4) is 0 Å². The number of nitrogens with zero attached hydrogens (tertiary/aromatic N) is 1. The number of nitrogens with one attached hydrogen (secondary N) is 2. The van der Waals surface area contributed by atoms with Gasteiger partial charge in [0.05, 0.1) is 6.61 Å². The van der Waals surface area contributed by atoms with Crippen LogP contribution in [0.25, 0.3) is 6.08 Å². The maximum Gasteiger partial charge on any atom is 0.408 e. The Morgan fingerprint density at radius 1 is 1.05 bits per heavy atom. The van der Waals surface area contributed by atoms with Gasteiger partial charge in [-0.05, 0) is 57.4 Å². The van der Waals surface area contributed by atoms with E-state index in [1.54, 1.807) is 45.0 Å². The summed E-state index contributed by atoms with van der Waals surface area (Å²) in [7, 11) is 0. The Morgan fingerprint density at radius 3 is 2.30 bits per heavy atom. The average molecular weight is 510 g/mol. The van der Waals surface area contributed by atoms with Crippen molar-refractivity contribution < 1.29 is 24.2 Å². The van der Waals surface area contributed by atoms with Gasteiger partial charge in [0.25, 0.3) is 0 Å². The van der Waals surface area contributed by atoms with E-state index in [9.17, 15) is 19.5 Å². The van der Waals surface area contributed by atoms with Crippen LogP contribution in [0, 0.1) is 0 Å². The van der Waals surface area contributed by atoms with E-state index in [0.29, 0.717) is 5.56 Å². The summed E-state index contributed by atoms with van der Waals surface area (Å²) in [6.45, 7) is 12.2. The van der Waals surface area contributed by atoms with Crippen molar-refractivity contribution in [3.63, 3.8) is 0 Å². The highest BCUT2D eigenvalue weighted by Gasteiger charge is 2.36.